The third-order valence-corrected chi connectivity index (χ3v) is 2.13. The van der Waals surface area contributed by atoms with Crippen molar-refractivity contribution < 1.29 is 0 Å². The van der Waals surface area contributed by atoms with Crippen molar-refractivity contribution in [3.8, 4) is 0 Å². The molecule has 1 aliphatic carbocycles. The van der Waals surface area contributed by atoms with Gasteiger partial charge in [-0.1, -0.05) is 32.6 Å². The smallest absolute Gasteiger partial charge is 0.0477 e. The van der Waals surface area contributed by atoms with Gasteiger partial charge < -0.3 is 0 Å². The molecule has 0 aliphatic heterocycles. The Morgan fingerprint density at radius 2 is 2.15 bits per heavy atom. The van der Waals surface area contributed by atoms with E-state index >= 15 is 0 Å². The number of allylic oxidation sites excluding steroid dienone is 4. The molecule has 0 radical (unpaired) electrons. The fourth-order valence-electron chi connectivity index (χ4n) is 1.48. The summed E-state index contributed by atoms with van der Waals surface area (Å²) in [4.78, 5) is 4.38. The maximum absolute atomic E-state index is 4.38. The van der Waals surface area contributed by atoms with Crippen LogP contribution in [0, 0.1) is 5.92 Å². The van der Waals surface area contributed by atoms with Gasteiger partial charge in [0.15, 0.2) is 0 Å². The predicted molar refractivity (Wildman–Crippen MR) is 58.9 cm³/mol. The summed E-state index contributed by atoms with van der Waals surface area (Å²) in [6, 6.07) is 0. The van der Waals surface area contributed by atoms with E-state index in [0.717, 1.165) is 12.0 Å². The van der Waals surface area contributed by atoms with Gasteiger partial charge in [-0.05, 0) is 24.0 Å². The molecule has 1 nitrogen and oxygen atoms in total. The molecular formula is C12H17N. The molecule has 0 unspecified atom stereocenters. The average molecular weight is 175 g/mol. The van der Waals surface area contributed by atoms with E-state index in [1.165, 1.54) is 11.3 Å². The highest BCUT2D eigenvalue weighted by Gasteiger charge is 2.11. The van der Waals surface area contributed by atoms with Gasteiger partial charge >= 0.3 is 0 Å². The van der Waals surface area contributed by atoms with Crippen LogP contribution in [0.2, 0.25) is 0 Å². The largest absolute Gasteiger partial charge is 0.265 e. The molecule has 0 atom stereocenters. The van der Waals surface area contributed by atoms with Gasteiger partial charge in [-0.25, -0.2) is 0 Å². The minimum atomic E-state index is 0.544. The van der Waals surface area contributed by atoms with Crippen LogP contribution in [0.4, 0.5) is 0 Å². The number of nitrogens with zero attached hydrogens (tertiary/aromatic N) is 1. The summed E-state index contributed by atoms with van der Waals surface area (Å²) in [6.45, 7) is 10.3. The highest BCUT2D eigenvalue weighted by atomic mass is 14.7. The highest BCUT2D eigenvalue weighted by Crippen LogP contribution is 2.27. The standard InChI is InChI=1S/C12H17N/c1-5-13-12-8-10(4)6-7-11(12)9(2)3/h5-7,9H,4,8H2,1-3H3. The van der Waals surface area contributed by atoms with Crippen molar-refractivity contribution in [2.24, 2.45) is 10.9 Å². The third-order valence-electron chi connectivity index (χ3n) is 2.13. The van der Waals surface area contributed by atoms with Crippen LogP contribution in [0.25, 0.3) is 0 Å². The number of hydrogen-bond donors (Lipinski definition) is 0. The molecule has 0 spiro atoms. The van der Waals surface area contributed by atoms with E-state index in [9.17, 15) is 0 Å². The molecule has 0 heterocycles. The first-order chi connectivity index (χ1) is 6.15. The van der Waals surface area contributed by atoms with Crippen molar-refractivity contribution in [3.63, 3.8) is 0 Å². The van der Waals surface area contributed by atoms with Crippen LogP contribution >= 0.6 is 0 Å². The lowest BCUT2D eigenvalue weighted by Gasteiger charge is -2.16. The van der Waals surface area contributed by atoms with E-state index in [0.29, 0.717) is 5.92 Å². The van der Waals surface area contributed by atoms with Crippen molar-refractivity contribution >= 4 is 6.21 Å². The quantitative estimate of drug-likeness (QED) is 0.569. The molecule has 0 aromatic rings. The Kier molecular flexibility index (Phi) is 3.24. The zero-order valence-electron chi connectivity index (χ0n) is 8.67. The zero-order valence-corrected chi connectivity index (χ0v) is 8.67. The number of rotatable bonds is 2. The fraction of sp³-hybridized carbons (Fsp3) is 0.417. The molecule has 0 saturated heterocycles. The molecule has 0 aromatic heterocycles. The van der Waals surface area contributed by atoms with Gasteiger partial charge in [-0.3, -0.25) is 4.99 Å². The van der Waals surface area contributed by atoms with Crippen LogP contribution in [0.1, 0.15) is 27.2 Å². The lowest BCUT2D eigenvalue weighted by molar-refractivity contribution is 0.766. The minimum absolute atomic E-state index is 0.544. The van der Waals surface area contributed by atoms with E-state index in [1.807, 2.05) is 13.1 Å². The van der Waals surface area contributed by atoms with Gasteiger partial charge in [-0.15, -0.1) is 0 Å². The van der Waals surface area contributed by atoms with E-state index < -0.39 is 0 Å². The van der Waals surface area contributed by atoms with Gasteiger partial charge in [0, 0.05) is 18.3 Å². The molecule has 0 amide bonds. The molecule has 0 aromatic carbocycles. The highest BCUT2D eigenvalue weighted by molar-refractivity contribution is 5.57. The molecule has 1 heteroatoms. The Balaban J connectivity index is 3.01. The van der Waals surface area contributed by atoms with E-state index in [4.69, 9.17) is 0 Å². The van der Waals surface area contributed by atoms with Crippen molar-refractivity contribution in [1.82, 2.24) is 0 Å². The Hall–Kier alpha value is -1.11. The van der Waals surface area contributed by atoms with Crippen molar-refractivity contribution in [2.75, 3.05) is 0 Å². The van der Waals surface area contributed by atoms with E-state index in [2.05, 4.69) is 37.6 Å². The molecule has 1 rings (SSSR count). The van der Waals surface area contributed by atoms with Crippen LogP contribution in [0.5, 0.6) is 0 Å². The van der Waals surface area contributed by atoms with Crippen LogP contribution in [0.15, 0.2) is 40.6 Å². The van der Waals surface area contributed by atoms with Crippen molar-refractivity contribution in [2.45, 2.75) is 27.2 Å². The summed E-state index contributed by atoms with van der Waals surface area (Å²) in [6.07, 6.45) is 6.97. The SMILES string of the molecule is C=C1C=CC(C(C)C)=C(N=CC)C1. The van der Waals surface area contributed by atoms with Crippen LogP contribution in [-0.2, 0) is 0 Å². The minimum Gasteiger partial charge on any atom is -0.265 e. The van der Waals surface area contributed by atoms with E-state index in [1.54, 1.807) is 0 Å². The van der Waals surface area contributed by atoms with Gasteiger partial charge in [0.05, 0.1) is 0 Å². The third kappa shape index (κ3) is 2.41. The second-order valence-corrected chi connectivity index (χ2v) is 3.61. The maximum Gasteiger partial charge on any atom is 0.0477 e. The van der Waals surface area contributed by atoms with Crippen LogP contribution < -0.4 is 0 Å². The number of hydrogen-bond acceptors (Lipinski definition) is 1. The molecule has 0 saturated carbocycles. The summed E-state index contributed by atoms with van der Waals surface area (Å²) in [5.41, 5.74) is 3.65. The second-order valence-electron chi connectivity index (χ2n) is 3.61. The topological polar surface area (TPSA) is 12.4 Å². The molecule has 0 bridgehead atoms. The van der Waals surface area contributed by atoms with Crippen molar-refractivity contribution in [1.29, 1.82) is 0 Å². The predicted octanol–water partition coefficient (Wildman–Crippen LogP) is 3.50. The fourth-order valence-corrected chi connectivity index (χ4v) is 1.48. The molecule has 13 heavy (non-hydrogen) atoms. The van der Waals surface area contributed by atoms with Gasteiger partial charge in [0.2, 0.25) is 0 Å². The molecular weight excluding hydrogens is 158 g/mol. The van der Waals surface area contributed by atoms with E-state index in [-0.39, 0.29) is 0 Å². The molecule has 1 aliphatic rings. The summed E-state index contributed by atoms with van der Waals surface area (Å²) < 4.78 is 0. The Morgan fingerprint density at radius 1 is 1.46 bits per heavy atom. The average Bonchev–Trinajstić information content (AvgIpc) is 2.04. The Labute approximate surface area is 80.6 Å². The summed E-state index contributed by atoms with van der Waals surface area (Å²) in [7, 11) is 0. The molecule has 0 N–H and O–H groups in total. The zero-order chi connectivity index (χ0) is 9.84. The van der Waals surface area contributed by atoms with Crippen LogP contribution in [-0.4, -0.2) is 6.21 Å². The summed E-state index contributed by atoms with van der Waals surface area (Å²) in [5, 5.41) is 0. The summed E-state index contributed by atoms with van der Waals surface area (Å²) >= 11 is 0. The first-order valence-corrected chi connectivity index (χ1v) is 4.72. The summed E-state index contributed by atoms with van der Waals surface area (Å²) in [5.74, 6) is 0.544. The molecule has 70 valence electrons. The Bertz CT molecular complexity index is 290. The van der Waals surface area contributed by atoms with Gasteiger partial charge in [0.25, 0.3) is 0 Å². The van der Waals surface area contributed by atoms with Crippen molar-refractivity contribution in [3.05, 3.63) is 35.6 Å². The normalized spacial score (nSPS) is 18.0. The second kappa shape index (κ2) is 4.22. The van der Waals surface area contributed by atoms with Gasteiger partial charge in [0.1, 0.15) is 0 Å². The maximum atomic E-state index is 4.38. The lowest BCUT2D eigenvalue weighted by Crippen LogP contribution is -2.01. The lowest BCUT2D eigenvalue weighted by atomic mass is 9.92. The Morgan fingerprint density at radius 3 is 2.69 bits per heavy atom. The molecule has 0 fully saturated rings. The first kappa shape index (κ1) is 9.97. The monoisotopic (exact) mass is 175 g/mol. The van der Waals surface area contributed by atoms with Gasteiger partial charge in [-0.2, -0.15) is 0 Å². The van der Waals surface area contributed by atoms with Crippen LogP contribution in [0.3, 0.4) is 0 Å². The number of aliphatic imine (C=N–C) groups is 1. The first-order valence-electron chi connectivity index (χ1n) is 4.72.